The van der Waals surface area contributed by atoms with Crippen LogP contribution >= 0.6 is 22.9 Å². The van der Waals surface area contributed by atoms with Crippen molar-refractivity contribution in [3.63, 3.8) is 0 Å². The van der Waals surface area contributed by atoms with Crippen LogP contribution in [0, 0.1) is 0 Å². The normalized spacial score (nSPS) is 10.4. The van der Waals surface area contributed by atoms with Crippen molar-refractivity contribution in [2.75, 3.05) is 5.73 Å². The fourth-order valence-electron chi connectivity index (χ4n) is 1.18. The summed E-state index contributed by atoms with van der Waals surface area (Å²) in [6.07, 6.45) is 0. The number of aromatic amines is 1. The lowest BCUT2D eigenvalue weighted by atomic mass is 10.2. The topological polar surface area (TPSA) is 58.9 Å². The van der Waals surface area contributed by atoms with Crippen LogP contribution in [0.5, 0.6) is 0 Å². The van der Waals surface area contributed by atoms with Crippen molar-refractivity contribution in [3.8, 4) is 10.4 Å². The minimum absolute atomic E-state index is 0.204. The lowest BCUT2D eigenvalue weighted by molar-refractivity contribution is 1.25. The van der Waals surface area contributed by atoms with Gasteiger partial charge in [-0.3, -0.25) is 4.79 Å². The summed E-state index contributed by atoms with van der Waals surface area (Å²) in [4.78, 5) is 14.5. The number of nitrogens with two attached hydrogens (primary N) is 1. The quantitative estimate of drug-likeness (QED) is 0.784. The minimum atomic E-state index is -0.204. The summed E-state index contributed by atoms with van der Waals surface area (Å²) in [5.41, 5.74) is 6.11. The van der Waals surface area contributed by atoms with E-state index in [0.29, 0.717) is 10.2 Å². The lowest BCUT2D eigenvalue weighted by Crippen LogP contribution is -2.06. The van der Waals surface area contributed by atoms with Crippen LogP contribution in [0.15, 0.2) is 29.1 Å². The molecule has 0 spiro atoms. The molecule has 2 aromatic heterocycles. The van der Waals surface area contributed by atoms with Crippen molar-refractivity contribution < 1.29 is 0 Å². The predicted molar refractivity (Wildman–Crippen MR) is 59.8 cm³/mol. The zero-order chi connectivity index (χ0) is 10.1. The van der Waals surface area contributed by atoms with E-state index in [4.69, 9.17) is 17.3 Å². The third-order valence-electron chi connectivity index (χ3n) is 1.72. The molecule has 0 saturated carbocycles. The maximum Gasteiger partial charge on any atom is 0.250 e. The number of H-pyrrole nitrogens is 1. The van der Waals surface area contributed by atoms with E-state index in [2.05, 4.69) is 4.98 Å². The van der Waals surface area contributed by atoms with Gasteiger partial charge in [0.2, 0.25) is 5.56 Å². The van der Waals surface area contributed by atoms with E-state index in [1.165, 1.54) is 17.4 Å². The molecular formula is C9H7ClN2OS. The Bertz CT molecular complexity index is 518. The van der Waals surface area contributed by atoms with Crippen LogP contribution in [0.1, 0.15) is 0 Å². The maximum absolute atomic E-state index is 11.1. The van der Waals surface area contributed by atoms with Gasteiger partial charge in [0.1, 0.15) is 5.82 Å². The second kappa shape index (κ2) is 3.48. The highest BCUT2D eigenvalue weighted by molar-refractivity contribution is 7.19. The minimum Gasteiger partial charge on any atom is -0.385 e. The Morgan fingerprint density at radius 3 is 2.71 bits per heavy atom. The zero-order valence-corrected chi connectivity index (χ0v) is 8.65. The van der Waals surface area contributed by atoms with Gasteiger partial charge in [-0.05, 0) is 18.2 Å². The molecule has 0 unspecified atom stereocenters. The fourth-order valence-corrected chi connectivity index (χ4v) is 2.21. The molecule has 3 nitrogen and oxygen atoms in total. The second-order valence-electron chi connectivity index (χ2n) is 2.79. The van der Waals surface area contributed by atoms with E-state index in [0.717, 1.165) is 10.4 Å². The molecular weight excluding hydrogens is 220 g/mol. The van der Waals surface area contributed by atoms with Gasteiger partial charge < -0.3 is 10.7 Å². The van der Waals surface area contributed by atoms with Crippen molar-refractivity contribution in [2.45, 2.75) is 0 Å². The summed E-state index contributed by atoms with van der Waals surface area (Å²) in [5.74, 6) is 0.358. The monoisotopic (exact) mass is 226 g/mol. The summed E-state index contributed by atoms with van der Waals surface area (Å²) in [6, 6.07) is 6.86. The van der Waals surface area contributed by atoms with E-state index < -0.39 is 0 Å². The number of hydrogen-bond acceptors (Lipinski definition) is 3. The number of aromatic nitrogens is 1. The molecule has 0 bridgehead atoms. The molecule has 3 N–H and O–H groups in total. The maximum atomic E-state index is 11.1. The highest BCUT2D eigenvalue weighted by Crippen LogP contribution is 2.30. The van der Waals surface area contributed by atoms with Crippen LogP contribution in [0.2, 0.25) is 4.34 Å². The Labute approximate surface area is 89.2 Å². The number of thiophene rings is 1. The van der Waals surface area contributed by atoms with E-state index in [1.54, 1.807) is 12.1 Å². The van der Waals surface area contributed by atoms with Crippen molar-refractivity contribution in [1.29, 1.82) is 0 Å². The van der Waals surface area contributed by atoms with Gasteiger partial charge in [-0.2, -0.15) is 0 Å². The van der Waals surface area contributed by atoms with Crippen molar-refractivity contribution >= 4 is 28.8 Å². The molecule has 2 heterocycles. The number of nitrogens with one attached hydrogen (secondary N) is 1. The van der Waals surface area contributed by atoms with Crippen molar-refractivity contribution in [1.82, 2.24) is 4.98 Å². The Hall–Kier alpha value is -1.26. The molecule has 0 saturated heterocycles. The van der Waals surface area contributed by atoms with Gasteiger partial charge in [0.15, 0.2) is 0 Å². The van der Waals surface area contributed by atoms with Gasteiger partial charge in [0, 0.05) is 16.5 Å². The average Bonchev–Trinajstić information content (AvgIpc) is 2.50. The van der Waals surface area contributed by atoms with Crippen LogP contribution < -0.4 is 11.3 Å². The van der Waals surface area contributed by atoms with Crippen LogP contribution in [0.25, 0.3) is 10.4 Å². The number of pyridine rings is 1. The van der Waals surface area contributed by atoms with Crippen LogP contribution in [0.4, 0.5) is 5.82 Å². The van der Waals surface area contributed by atoms with Gasteiger partial charge in [0.25, 0.3) is 0 Å². The molecule has 2 aromatic rings. The highest BCUT2D eigenvalue weighted by Gasteiger charge is 2.03. The van der Waals surface area contributed by atoms with E-state index in [-0.39, 0.29) is 5.56 Å². The summed E-state index contributed by atoms with van der Waals surface area (Å²) >= 11 is 7.21. The SMILES string of the molecule is Nc1cc(-c2ccc(Cl)s2)cc(=O)[nH]1. The van der Waals surface area contributed by atoms with Gasteiger partial charge in [0.05, 0.1) is 4.34 Å². The van der Waals surface area contributed by atoms with Gasteiger partial charge in [-0.25, -0.2) is 0 Å². The Morgan fingerprint density at radius 1 is 1.36 bits per heavy atom. The summed E-state index contributed by atoms with van der Waals surface area (Å²) in [5, 5.41) is 0. The molecule has 0 aliphatic heterocycles. The molecule has 0 aliphatic carbocycles. The molecule has 0 aliphatic rings. The molecule has 0 amide bonds. The van der Waals surface area contributed by atoms with E-state index in [1.807, 2.05) is 6.07 Å². The van der Waals surface area contributed by atoms with Crippen molar-refractivity contribution in [2.24, 2.45) is 0 Å². The first kappa shape index (κ1) is 9.30. The molecule has 0 aromatic carbocycles. The average molecular weight is 227 g/mol. The number of hydrogen-bond donors (Lipinski definition) is 2. The lowest BCUT2D eigenvalue weighted by Gasteiger charge is -1.97. The molecule has 14 heavy (non-hydrogen) atoms. The third kappa shape index (κ3) is 1.81. The first-order valence-electron chi connectivity index (χ1n) is 3.91. The number of halogens is 1. The number of anilines is 1. The Kier molecular flexibility index (Phi) is 2.31. The molecule has 0 radical (unpaired) electrons. The smallest absolute Gasteiger partial charge is 0.250 e. The van der Waals surface area contributed by atoms with Gasteiger partial charge in [-0.1, -0.05) is 11.6 Å². The van der Waals surface area contributed by atoms with Crippen molar-refractivity contribution in [3.05, 3.63) is 39.0 Å². The first-order chi connectivity index (χ1) is 6.65. The molecule has 5 heteroatoms. The van der Waals surface area contributed by atoms with Crippen LogP contribution in [0.3, 0.4) is 0 Å². The number of rotatable bonds is 1. The number of nitrogen functional groups attached to an aromatic ring is 1. The standard InChI is InChI=1S/C9H7ClN2OS/c10-7-2-1-6(14-7)5-3-8(11)12-9(13)4-5/h1-4H,(H3,11,12,13). The summed E-state index contributed by atoms with van der Waals surface area (Å²) in [6.45, 7) is 0. The molecule has 0 fully saturated rings. The zero-order valence-electron chi connectivity index (χ0n) is 7.08. The molecule has 72 valence electrons. The summed E-state index contributed by atoms with van der Waals surface area (Å²) in [7, 11) is 0. The Balaban J connectivity index is 2.56. The van der Waals surface area contributed by atoms with Crippen LogP contribution in [-0.2, 0) is 0 Å². The predicted octanol–water partition coefficient (Wildman–Crippen LogP) is 2.34. The first-order valence-corrected chi connectivity index (χ1v) is 5.10. The highest BCUT2D eigenvalue weighted by atomic mass is 35.5. The van der Waals surface area contributed by atoms with Gasteiger partial charge in [-0.15, -0.1) is 11.3 Å². The van der Waals surface area contributed by atoms with Gasteiger partial charge >= 0.3 is 0 Å². The van der Waals surface area contributed by atoms with E-state index >= 15 is 0 Å². The second-order valence-corrected chi connectivity index (χ2v) is 4.51. The van der Waals surface area contributed by atoms with E-state index in [9.17, 15) is 4.79 Å². The largest absolute Gasteiger partial charge is 0.385 e. The third-order valence-corrected chi connectivity index (χ3v) is 3.00. The molecule has 0 atom stereocenters. The van der Waals surface area contributed by atoms with Crippen LogP contribution in [-0.4, -0.2) is 4.98 Å². The fraction of sp³-hybridized carbons (Fsp3) is 0. The molecule has 2 rings (SSSR count). The Morgan fingerprint density at radius 2 is 2.14 bits per heavy atom. The summed E-state index contributed by atoms with van der Waals surface area (Å²) < 4.78 is 0.693.